The molecule has 301 valence electrons. The largest absolute Gasteiger partial charge is 0.471 e. The Labute approximate surface area is 360 Å². The van der Waals surface area contributed by atoms with Crippen molar-refractivity contribution in [1.29, 1.82) is 0 Å². The monoisotopic (exact) mass is 947 g/mol. The van der Waals surface area contributed by atoms with Gasteiger partial charge < -0.3 is 19.8 Å². The van der Waals surface area contributed by atoms with Crippen LogP contribution in [0.2, 0.25) is 0 Å². The second kappa shape index (κ2) is 16.3. The van der Waals surface area contributed by atoms with Crippen LogP contribution in [-0.4, -0.2) is 15.0 Å². The normalized spacial score (nSPS) is 13.8. The van der Waals surface area contributed by atoms with E-state index in [1.807, 2.05) is 30.5 Å². The van der Waals surface area contributed by atoms with Gasteiger partial charge in [0.2, 0.25) is 0 Å². The Balaban J connectivity index is 0.000000181. The Morgan fingerprint density at radius 3 is 1.72 bits per heavy atom. The standard InChI is InChI=1S/C30H38N3.C21H16N3.Au/c1-19(2)23-12-9-13-24(20(3)4)28(23)32-18-33(30-27(32)16-11-17-31-30)29-25(21(5)6)14-10-15-26(29)22(7)8;1-21(2)15-8-4-3-7-13(15)14-11-18-19(12-16(14)21)24-20(23-18)17-9-5-6-10-22-17;/h9-22H,1-8H3;3-12H,1-2H3;/q2*-1;. The minimum atomic E-state index is -0.00970. The molecule has 4 heterocycles. The van der Waals surface area contributed by atoms with Gasteiger partial charge in [0.25, 0.3) is 0 Å². The molecule has 9 rings (SSSR count). The number of aromatic nitrogens is 4. The summed E-state index contributed by atoms with van der Waals surface area (Å²) in [5, 5.41) is 0. The molecule has 7 heteroatoms. The zero-order valence-corrected chi connectivity index (χ0v) is 37.5. The fourth-order valence-electron chi connectivity index (χ4n) is 8.68. The van der Waals surface area contributed by atoms with Crippen molar-refractivity contribution in [2.24, 2.45) is 0 Å². The van der Waals surface area contributed by atoms with Crippen LogP contribution in [0.3, 0.4) is 0 Å². The Morgan fingerprint density at radius 1 is 0.569 bits per heavy atom. The minimum Gasteiger partial charge on any atom is -0.471 e. The van der Waals surface area contributed by atoms with Crippen LogP contribution in [0.5, 0.6) is 0 Å². The molecule has 0 bridgehead atoms. The summed E-state index contributed by atoms with van der Waals surface area (Å²) in [6.07, 6.45) is 3.68. The summed E-state index contributed by atoms with van der Waals surface area (Å²) in [6.45, 7) is 25.1. The number of para-hydroxylation sites is 2. The van der Waals surface area contributed by atoms with Gasteiger partial charge in [-0.3, -0.25) is 4.98 Å². The number of imidazole rings is 1. The molecule has 4 aromatic carbocycles. The second-order valence-electron chi connectivity index (χ2n) is 17.2. The first-order valence-electron chi connectivity index (χ1n) is 20.5. The maximum Gasteiger partial charge on any atom is 0.126 e. The summed E-state index contributed by atoms with van der Waals surface area (Å²) in [7, 11) is 0. The van der Waals surface area contributed by atoms with E-state index in [1.54, 1.807) is 6.20 Å². The first kappa shape index (κ1) is 41.2. The van der Waals surface area contributed by atoms with Gasteiger partial charge in [-0.15, -0.1) is 6.67 Å². The number of nitrogens with zero attached hydrogens (tertiary/aromatic N) is 6. The Morgan fingerprint density at radius 2 is 1.14 bits per heavy atom. The van der Waals surface area contributed by atoms with E-state index in [0.717, 1.165) is 28.2 Å². The third-order valence-corrected chi connectivity index (χ3v) is 11.7. The van der Waals surface area contributed by atoms with E-state index in [1.165, 1.54) is 55.9 Å². The first-order chi connectivity index (χ1) is 27.4. The van der Waals surface area contributed by atoms with Crippen molar-refractivity contribution < 1.29 is 22.4 Å². The van der Waals surface area contributed by atoms with Crippen LogP contribution in [0, 0.1) is 6.67 Å². The van der Waals surface area contributed by atoms with E-state index >= 15 is 0 Å². The summed E-state index contributed by atoms with van der Waals surface area (Å²) in [5.41, 5.74) is 17.1. The van der Waals surface area contributed by atoms with Crippen molar-refractivity contribution in [1.82, 2.24) is 19.9 Å². The molecule has 1 aliphatic carbocycles. The minimum absolute atomic E-state index is 0. The summed E-state index contributed by atoms with van der Waals surface area (Å²) < 4.78 is 0. The van der Waals surface area contributed by atoms with E-state index in [2.05, 4.69) is 170 Å². The molecule has 0 atom stereocenters. The average Bonchev–Trinajstić information content (AvgIpc) is 3.87. The molecular weight excluding hydrogens is 894 g/mol. The van der Waals surface area contributed by atoms with Gasteiger partial charge in [-0.2, -0.15) is 0 Å². The van der Waals surface area contributed by atoms with Crippen molar-refractivity contribution in [3.05, 3.63) is 156 Å². The molecule has 1 aliphatic heterocycles. The van der Waals surface area contributed by atoms with Gasteiger partial charge in [0.05, 0.1) is 11.4 Å². The fourth-order valence-corrected chi connectivity index (χ4v) is 8.68. The molecule has 6 nitrogen and oxygen atoms in total. The summed E-state index contributed by atoms with van der Waals surface area (Å²) in [4.78, 5) is 23.4. The van der Waals surface area contributed by atoms with Gasteiger partial charge >= 0.3 is 0 Å². The number of pyridine rings is 2. The molecule has 2 aliphatic rings. The zero-order chi connectivity index (χ0) is 40.2. The number of benzene rings is 4. The third kappa shape index (κ3) is 7.20. The molecule has 0 saturated carbocycles. The van der Waals surface area contributed by atoms with E-state index in [4.69, 9.17) is 15.0 Å². The summed E-state index contributed by atoms with van der Waals surface area (Å²) in [5.74, 6) is 3.39. The Kier molecular flexibility index (Phi) is 11.6. The van der Waals surface area contributed by atoms with E-state index in [-0.39, 0.29) is 27.8 Å². The topological polar surface area (TPSA) is 59.3 Å². The van der Waals surface area contributed by atoms with E-state index in [0.29, 0.717) is 29.5 Å². The number of anilines is 4. The molecule has 0 N–H and O–H groups in total. The van der Waals surface area contributed by atoms with Gasteiger partial charge in [0.15, 0.2) is 0 Å². The van der Waals surface area contributed by atoms with Gasteiger partial charge in [0, 0.05) is 51.6 Å². The summed E-state index contributed by atoms with van der Waals surface area (Å²) in [6, 6.07) is 36.6. The predicted molar refractivity (Wildman–Crippen MR) is 238 cm³/mol. The fraction of sp³-hybridized carbons (Fsp3) is 0.294. The van der Waals surface area contributed by atoms with E-state index in [9.17, 15) is 0 Å². The average molecular weight is 948 g/mol. The first-order valence-corrected chi connectivity index (χ1v) is 20.5. The maximum atomic E-state index is 4.90. The van der Waals surface area contributed by atoms with Crippen molar-refractivity contribution >= 4 is 33.9 Å². The third-order valence-electron chi connectivity index (χ3n) is 11.7. The van der Waals surface area contributed by atoms with Gasteiger partial charge in [-0.05, 0) is 109 Å². The molecule has 0 spiro atoms. The van der Waals surface area contributed by atoms with Crippen molar-refractivity contribution in [2.75, 3.05) is 9.80 Å². The molecule has 0 unspecified atom stereocenters. The summed E-state index contributed by atoms with van der Waals surface area (Å²) >= 11 is 0. The predicted octanol–water partition coefficient (Wildman–Crippen LogP) is 13.5. The zero-order valence-electron chi connectivity index (χ0n) is 35.3. The van der Waals surface area contributed by atoms with Gasteiger partial charge in [-0.1, -0.05) is 148 Å². The van der Waals surface area contributed by atoms with Crippen LogP contribution in [0.1, 0.15) is 126 Å². The number of fused-ring (bicyclic) bond motifs is 5. The number of hydrogen-bond acceptors (Lipinski definition) is 5. The van der Waals surface area contributed by atoms with Crippen molar-refractivity contribution in [2.45, 2.75) is 98.3 Å². The number of hydrogen-bond donors (Lipinski definition) is 0. The molecule has 0 fully saturated rings. The van der Waals surface area contributed by atoms with Gasteiger partial charge in [0.1, 0.15) is 5.82 Å². The van der Waals surface area contributed by atoms with Crippen molar-refractivity contribution in [3.8, 4) is 22.6 Å². The Hall–Kier alpha value is -5.01. The van der Waals surface area contributed by atoms with Crippen LogP contribution >= 0.6 is 0 Å². The van der Waals surface area contributed by atoms with Crippen LogP contribution in [0.15, 0.2) is 116 Å². The SMILES string of the molecule is CC(C)c1cccc(C(C)C)c1N1[CH-]N(c2c(C(C)C)cccc2C(C)C)c2ncccc21.CC1(C)c2ccccc2-c2cc3nc(-c4ccccn4)[n-]c3cc21.[Au]. The molecule has 3 aromatic heterocycles. The molecule has 0 saturated heterocycles. The van der Waals surface area contributed by atoms with Crippen molar-refractivity contribution in [3.63, 3.8) is 0 Å². The maximum absolute atomic E-state index is 4.90. The molecular formula is C51H54AuN6-2. The molecule has 7 aromatic rings. The number of rotatable bonds is 7. The quantitative estimate of drug-likeness (QED) is 0.117. The van der Waals surface area contributed by atoms with Crippen LogP contribution < -0.4 is 14.8 Å². The molecule has 0 amide bonds. The molecule has 1 radical (unpaired) electrons. The van der Waals surface area contributed by atoms with Crippen LogP contribution in [-0.2, 0) is 27.8 Å². The van der Waals surface area contributed by atoms with Crippen LogP contribution in [0.25, 0.3) is 33.7 Å². The molecule has 58 heavy (non-hydrogen) atoms. The van der Waals surface area contributed by atoms with Crippen LogP contribution in [0.4, 0.5) is 22.9 Å². The smallest absolute Gasteiger partial charge is 0.126 e. The van der Waals surface area contributed by atoms with Gasteiger partial charge in [-0.25, -0.2) is 4.98 Å². The second-order valence-corrected chi connectivity index (χ2v) is 17.2. The van der Waals surface area contributed by atoms with E-state index < -0.39 is 0 Å². The Bertz CT molecular complexity index is 2430.